The second-order valence-electron chi connectivity index (χ2n) is 8.81. The van der Waals surface area contributed by atoms with Crippen LogP contribution in [0.25, 0.3) is 32.8 Å². The standard InChI is InChI=1S/C31H24N2O3S/c1-3-8-24-16-21(18-28-30(34)33-26-12-7-6-11-25(26)32-31(33)37-28)17-27(35-2)29(24)36-19-20-13-14-22-9-4-5-10-23(22)15-20/h3-7,9-18H,1,8,19H2,2H3. The van der Waals surface area contributed by atoms with E-state index in [-0.39, 0.29) is 5.56 Å². The third-order valence-electron chi connectivity index (χ3n) is 6.38. The first-order valence-electron chi connectivity index (χ1n) is 12.0. The molecular weight excluding hydrogens is 480 g/mol. The van der Waals surface area contributed by atoms with Crippen molar-refractivity contribution in [2.24, 2.45) is 0 Å². The van der Waals surface area contributed by atoms with E-state index in [9.17, 15) is 4.79 Å². The summed E-state index contributed by atoms with van der Waals surface area (Å²) in [5.74, 6) is 1.30. The summed E-state index contributed by atoms with van der Waals surface area (Å²) in [4.78, 5) is 18.5. The molecule has 0 aliphatic heterocycles. The number of ether oxygens (including phenoxy) is 2. The van der Waals surface area contributed by atoms with Crippen LogP contribution in [0.3, 0.4) is 0 Å². The van der Waals surface area contributed by atoms with Crippen molar-refractivity contribution < 1.29 is 9.47 Å². The predicted molar refractivity (Wildman–Crippen MR) is 151 cm³/mol. The smallest absolute Gasteiger partial charge is 0.274 e. The molecule has 0 N–H and O–H groups in total. The molecule has 0 saturated heterocycles. The van der Waals surface area contributed by atoms with E-state index in [0.29, 0.717) is 34.0 Å². The van der Waals surface area contributed by atoms with Gasteiger partial charge in [-0.3, -0.25) is 4.79 Å². The van der Waals surface area contributed by atoms with Crippen molar-refractivity contribution in [1.29, 1.82) is 0 Å². The van der Waals surface area contributed by atoms with Gasteiger partial charge in [-0.05, 0) is 64.7 Å². The summed E-state index contributed by atoms with van der Waals surface area (Å²) >= 11 is 1.38. The zero-order chi connectivity index (χ0) is 25.4. The van der Waals surface area contributed by atoms with Crippen LogP contribution < -0.4 is 19.6 Å². The monoisotopic (exact) mass is 504 g/mol. The lowest BCUT2D eigenvalue weighted by molar-refractivity contribution is 0.282. The van der Waals surface area contributed by atoms with E-state index < -0.39 is 0 Å². The molecule has 182 valence electrons. The number of nitrogens with zero attached hydrogens (tertiary/aromatic N) is 2. The largest absolute Gasteiger partial charge is 0.493 e. The molecule has 0 atom stereocenters. The number of rotatable bonds is 7. The predicted octanol–water partition coefficient (Wildman–Crippen LogP) is 5.93. The van der Waals surface area contributed by atoms with E-state index >= 15 is 0 Å². The van der Waals surface area contributed by atoms with Gasteiger partial charge in [-0.15, -0.1) is 6.58 Å². The van der Waals surface area contributed by atoms with Crippen LogP contribution >= 0.6 is 11.3 Å². The van der Waals surface area contributed by atoms with Crippen LogP contribution in [-0.2, 0) is 13.0 Å². The van der Waals surface area contributed by atoms with Gasteiger partial charge in [0.2, 0.25) is 0 Å². The number of hydrogen-bond acceptors (Lipinski definition) is 5. The van der Waals surface area contributed by atoms with Gasteiger partial charge in [0, 0.05) is 5.56 Å². The minimum absolute atomic E-state index is 0.0745. The van der Waals surface area contributed by atoms with Gasteiger partial charge in [-0.2, -0.15) is 0 Å². The number of thiazole rings is 1. The third kappa shape index (κ3) is 4.26. The number of fused-ring (bicyclic) bond motifs is 4. The van der Waals surface area contributed by atoms with Gasteiger partial charge in [0.05, 0.1) is 22.7 Å². The van der Waals surface area contributed by atoms with Crippen LogP contribution in [0.5, 0.6) is 11.5 Å². The summed E-state index contributed by atoms with van der Waals surface area (Å²) in [6.07, 6.45) is 4.33. The van der Waals surface area contributed by atoms with Crippen molar-refractivity contribution in [2.45, 2.75) is 13.0 Å². The SMILES string of the molecule is C=CCc1cc(C=c2sc3nc4ccccc4n3c2=O)cc(OC)c1OCc1ccc2ccccc2c1. The molecule has 0 aliphatic carbocycles. The first-order chi connectivity index (χ1) is 18.1. The van der Waals surface area contributed by atoms with Crippen molar-refractivity contribution in [1.82, 2.24) is 9.38 Å². The zero-order valence-corrected chi connectivity index (χ0v) is 21.1. The molecule has 2 aromatic heterocycles. The molecule has 37 heavy (non-hydrogen) atoms. The average Bonchev–Trinajstić information content (AvgIpc) is 3.43. The number of allylic oxidation sites excluding steroid dienone is 1. The second kappa shape index (κ2) is 9.56. The Kier molecular flexibility index (Phi) is 5.94. The molecule has 0 fully saturated rings. The van der Waals surface area contributed by atoms with E-state index in [0.717, 1.165) is 27.7 Å². The van der Waals surface area contributed by atoms with Crippen LogP contribution in [0.1, 0.15) is 16.7 Å². The molecule has 0 aliphatic rings. The summed E-state index contributed by atoms with van der Waals surface area (Å²) in [6, 6.07) is 26.2. The quantitative estimate of drug-likeness (QED) is 0.253. The van der Waals surface area contributed by atoms with Crippen molar-refractivity contribution in [3.05, 3.63) is 123 Å². The Morgan fingerprint density at radius 3 is 2.65 bits per heavy atom. The summed E-state index contributed by atoms with van der Waals surface area (Å²) in [5, 5.41) is 2.37. The molecule has 0 radical (unpaired) electrons. The maximum absolute atomic E-state index is 13.2. The first kappa shape index (κ1) is 23.0. The van der Waals surface area contributed by atoms with Gasteiger partial charge in [0.25, 0.3) is 5.56 Å². The number of aromatic nitrogens is 2. The van der Waals surface area contributed by atoms with Gasteiger partial charge in [0.15, 0.2) is 16.5 Å². The number of methoxy groups -OCH3 is 1. The highest BCUT2D eigenvalue weighted by molar-refractivity contribution is 7.15. The maximum atomic E-state index is 13.2. The maximum Gasteiger partial charge on any atom is 0.274 e. The highest BCUT2D eigenvalue weighted by Gasteiger charge is 2.15. The topological polar surface area (TPSA) is 52.8 Å². The Morgan fingerprint density at radius 1 is 1.00 bits per heavy atom. The Bertz CT molecular complexity index is 1900. The van der Waals surface area contributed by atoms with Crippen LogP contribution in [0.4, 0.5) is 0 Å². The Hall–Kier alpha value is -4.42. The van der Waals surface area contributed by atoms with E-state index in [1.54, 1.807) is 11.5 Å². The van der Waals surface area contributed by atoms with E-state index in [1.807, 2.05) is 60.7 Å². The lowest BCUT2D eigenvalue weighted by atomic mass is 10.0. The van der Waals surface area contributed by atoms with Gasteiger partial charge in [0.1, 0.15) is 6.61 Å². The summed E-state index contributed by atoms with van der Waals surface area (Å²) < 4.78 is 14.3. The molecule has 2 heterocycles. The van der Waals surface area contributed by atoms with Gasteiger partial charge in [-0.25, -0.2) is 9.38 Å². The van der Waals surface area contributed by atoms with Crippen LogP contribution in [0.2, 0.25) is 0 Å². The number of benzene rings is 4. The summed E-state index contributed by atoms with van der Waals surface area (Å²) in [5.41, 5.74) is 4.44. The minimum atomic E-state index is -0.0745. The second-order valence-corrected chi connectivity index (χ2v) is 9.82. The molecule has 0 unspecified atom stereocenters. The first-order valence-corrected chi connectivity index (χ1v) is 12.8. The molecule has 4 aromatic carbocycles. The van der Waals surface area contributed by atoms with Crippen LogP contribution in [0.15, 0.2) is 96.3 Å². The summed E-state index contributed by atoms with van der Waals surface area (Å²) in [7, 11) is 1.63. The van der Waals surface area contributed by atoms with E-state index in [2.05, 4.69) is 41.9 Å². The van der Waals surface area contributed by atoms with Gasteiger partial charge >= 0.3 is 0 Å². The molecule has 0 spiro atoms. The molecule has 6 rings (SSSR count). The minimum Gasteiger partial charge on any atom is -0.493 e. The van der Waals surface area contributed by atoms with Gasteiger partial charge < -0.3 is 9.47 Å². The average molecular weight is 505 g/mol. The molecule has 5 nitrogen and oxygen atoms in total. The van der Waals surface area contributed by atoms with Crippen molar-refractivity contribution in [3.8, 4) is 11.5 Å². The molecule has 0 amide bonds. The highest BCUT2D eigenvalue weighted by Crippen LogP contribution is 2.35. The Balaban J connectivity index is 1.38. The van der Waals surface area contributed by atoms with Crippen LogP contribution in [0, 0.1) is 0 Å². The Labute approximate surface area is 217 Å². The zero-order valence-electron chi connectivity index (χ0n) is 20.3. The molecule has 6 aromatic rings. The fraction of sp³-hybridized carbons (Fsp3) is 0.0968. The number of imidazole rings is 1. The molecule has 6 heteroatoms. The van der Waals surface area contributed by atoms with Gasteiger partial charge in [-0.1, -0.05) is 65.9 Å². The fourth-order valence-electron chi connectivity index (χ4n) is 4.64. The van der Waals surface area contributed by atoms with Crippen molar-refractivity contribution in [3.63, 3.8) is 0 Å². The number of hydrogen-bond donors (Lipinski definition) is 0. The lowest BCUT2D eigenvalue weighted by Gasteiger charge is -2.16. The molecule has 0 saturated carbocycles. The van der Waals surface area contributed by atoms with E-state index in [1.165, 1.54) is 22.1 Å². The van der Waals surface area contributed by atoms with E-state index in [4.69, 9.17) is 9.47 Å². The van der Waals surface area contributed by atoms with Crippen molar-refractivity contribution >= 4 is 44.2 Å². The van der Waals surface area contributed by atoms with Crippen LogP contribution in [-0.4, -0.2) is 16.5 Å². The highest BCUT2D eigenvalue weighted by atomic mass is 32.1. The van der Waals surface area contributed by atoms with Crippen molar-refractivity contribution in [2.75, 3.05) is 7.11 Å². The fourth-order valence-corrected chi connectivity index (χ4v) is 5.62. The lowest BCUT2D eigenvalue weighted by Crippen LogP contribution is -2.22. The normalized spacial score (nSPS) is 12.0. The molecular formula is C31H24N2O3S. The summed E-state index contributed by atoms with van der Waals surface area (Å²) in [6.45, 7) is 4.33. The molecule has 0 bridgehead atoms. The third-order valence-corrected chi connectivity index (χ3v) is 7.35. The Morgan fingerprint density at radius 2 is 1.81 bits per heavy atom. The number of para-hydroxylation sites is 2.